The number of anilines is 1. The number of amides is 2. The molecule has 0 saturated heterocycles. The lowest BCUT2D eigenvalue weighted by atomic mass is 10.0. The molecular weight excluding hydrogens is 480 g/mol. The molecule has 0 saturated carbocycles. The van der Waals surface area contributed by atoms with E-state index in [2.05, 4.69) is 28.5 Å². The summed E-state index contributed by atoms with van der Waals surface area (Å²) in [5.74, 6) is 0.199. The number of aliphatic imine (C=N–C) groups is 1. The molecule has 2 atom stereocenters. The van der Waals surface area contributed by atoms with E-state index in [1.54, 1.807) is 35.6 Å². The van der Waals surface area contributed by atoms with Gasteiger partial charge in [0.1, 0.15) is 11.0 Å². The van der Waals surface area contributed by atoms with Crippen LogP contribution in [0.1, 0.15) is 36.2 Å². The normalized spacial score (nSPS) is 19.5. The van der Waals surface area contributed by atoms with Gasteiger partial charge in [0.25, 0.3) is 5.91 Å². The second-order valence-corrected chi connectivity index (χ2v) is 10.2. The maximum Gasteiger partial charge on any atom is 0.262 e. The van der Waals surface area contributed by atoms with Crippen molar-refractivity contribution in [3.05, 3.63) is 82.6 Å². The van der Waals surface area contributed by atoms with E-state index < -0.39 is 5.25 Å². The zero-order valence-electron chi connectivity index (χ0n) is 19.1. The molecule has 5 rings (SSSR count). The van der Waals surface area contributed by atoms with Crippen molar-refractivity contribution >= 4 is 51.5 Å². The molecule has 35 heavy (non-hydrogen) atoms. The molecule has 2 aromatic carbocycles. The number of carbonyl (C=O) groups is 2. The number of ether oxygens (including phenoxy) is 1. The Bertz CT molecular complexity index is 1260. The molecule has 178 valence electrons. The van der Waals surface area contributed by atoms with Gasteiger partial charge >= 0.3 is 0 Å². The number of nitrogens with one attached hydrogen (secondary N) is 1. The van der Waals surface area contributed by atoms with Crippen LogP contribution in [-0.2, 0) is 9.59 Å². The van der Waals surface area contributed by atoms with Crippen LogP contribution in [0.4, 0.5) is 5.69 Å². The van der Waals surface area contributed by atoms with E-state index in [0.29, 0.717) is 17.5 Å². The zero-order chi connectivity index (χ0) is 24.2. The summed E-state index contributed by atoms with van der Waals surface area (Å²) in [5.41, 5.74) is 2.74. The highest BCUT2D eigenvalue weighted by Gasteiger charge is 2.39. The first-order valence-corrected chi connectivity index (χ1v) is 13.1. The minimum atomic E-state index is -0.579. The lowest BCUT2D eigenvalue weighted by Crippen LogP contribution is -2.25. The fourth-order valence-corrected chi connectivity index (χ4v) is 5.78. The minimum Gasteiger partial charge on any atom is -0.494 e. The van der Waals surface area contributed by atoms with Gasteiger partial charge in [-0.05, 0) is 48.2 Å². The molecule has 0 fully saturated rings. The lowest BCUT2D eigenvalue weighted by molar-refractivity contribution is -0.121. The maximum atomic E-state index is 12.7. The Morgan fingerprint density at radius 2 is 1.91 bits per heavy atom. The summed E-state index contributed by atoms with van der Waals surface area (Å²) in [7, 11) is 0. The van der Waals surface area contributed by atoms with E-state index in [9.17, 15) is 9.59 Å². The molecule has 3 heterocycles. The largest absolute Gasteiger partial charge is 0.494 e. The van der Waals surface area contributed by atoms with Gasteiger partial charge in [0.05, 0.1) is 23.2 Å². The highest BCUT2D eigenvalue weighted by molar-refractivity contribution is 8.15. The number of nitrogens with zero attached hydrogens (tertiary/aromatic N) is 3. The van der Waals surface area contributed by atoms with E-state index in [4.69, 9.17) is 9.84 Å². The molecule has 0 radical (unpaired) electrons. The van der Waals surface area contributed by atoms with Gasteiger partial charge in [-0.2, -0.15) is 10.1 Å². The lowest BCUT2D eigenvalue weighted by Gasteiger charge is -2.23. The first-order chi connectivity index (χ1) is 17.1. The average Bonchev–Trinajstić information content (AvgIpc) is 3.61. The summed E-state index contributed by atoms with van der Waals surface area (Å²) in [4.78, 5) is 30.8. The number of benzene rings is 2. The van der Waals surface area contributed by atoms with E-state index in [1.807, 2.05) is 41.6 Å². The van der Waals surface area contributed by atoms with Crippen LogP contribution >= 0.6 is 23.1 Å². The molecule has 0 bridgehead atoms. The van der Waals surface area contributed by atoms with Crippen LogP contribution in [-0.4, -0.2) is 39.6 Å². The number of thioether (sulfide) groups is 1. The fraction of sp³-hybridized carbons (Fsp3) is 0.231. The molecule has 0 spiro atoms. The Labute approximate surface area is 211 Å². The number of amidine groups is 1. The van der Waals surface area contributed by atoms with Crippen LogP contribution in [0.25, 0.3) is 0 Å². The summed E-state index contributed by atoms with van der Waals surface area (Å²) < 4.78 is 5.43. The Hall–Kier alpha value is -3.43. The predicted octanol–water partition coefficient (Wildman–Crippen LogP) is 5.32. The predicted molar refractivity (Wildman–Crippen MR) is 141 cm³/mol. The van der Waals surface area contributed by atoms with Crippen molar-refractivity contribution in [3.63, 3.8) is 0 Å². The Morgan fingerprint density at radius 3 is 2.63 bits per heavy atom. The van der Waals surface area contributed by atoms with E-state index >= 15 is 0 Å². The number of hydrazone groups is 1. The molecule has 3 aromatic rings. The fourth-order valence-electron chi connectivity index (χ4n) is 4.00. The summed E-state index contributed by atoms with van der Waals surface area (Å²) in [6, 6.07) is 21.3. The molecule has 2 aliphatic rings. The van der Waals surface area contributed by atoms with Crippen LogP contribution in [0, 0.1) is 0 Å². The zero-order valence-corrected chi connectivity index (χ0v) is 20.7. The van der Waals surface area contributed by atoms with Crippen molar-refractivity contribution in [1.82, 2.24) is 5.01 Å². The minimum absolute atomic E-state index is 0.0368. The third-order valence-corrected chi connectivity index (χ3v) is 7.71. The third kappa shape index (κ3) is 5.31. The van der Waals surface area contributed by atoms with E-state index in [1.165, 1.54) is 11.8 Å². The van der Waals surface area contributed by atoms with Crippen LogP contribution < -0.4 is 10.1 Å². The van der Waals surface area contributed by atoms with Gasteiger partial charge in [0.15, 0.2) is 5.17 Å². The number of hydrogen-bond acceptors (Lipinski definition) is 7. The van der Waals surface area contributed by atoms with Crippen LogP contribution in [0.5, 0.6) is 5.75 Å². The van der Waals surface area contributed by atoms with Gasteiger partial charge in [-0.15, -0.1) is 11.3 Å². The maximum absolute atomic E-state index is 12.7. The van der Waals surface area contributed by atoms with Crippen molar-refractivity contribution in [2.24, 2.45) is 10.1 Å². The Balaban J connectivity index is 1.28. The molecular formula is C26H24N4O3S2. The highest BCUT2D eigenvalue weighted by Crippen LogP contribution is 2.39. The van der Waals surface area contributed by atoms with Crippen LogP contribution in [0.15, 0.2) is 82.2 Å². The van der Waals surface area contributed by atoms with Crippen molar-refractivity contribution in [2.75, 3.05) is 11.9 Å². The van der Waals surface area contributed by atoms with Gasteiger partial charge in [0, 0.05) is 18.5 Å². The summed E-state index contributed by atoms with van der Waals surface area (Å²) in [6.07, 6.45) is 0.760. The van der Waals surface area contributed by atoms with Crippen molar-refractivity contribution in [2.45, 2.75) is 31.1 Å². The molecule has 0 aliphatic carbocycles. The van der Waals surface area contributed by atoms with Gasteiger partial charge in [-0.1, -0.05) is 48.2 Å². The van der Waals surface area contributed by atoms with Gasteiger partial charge in [0.2, 0.25) is 5.91 Å². The highest BCUT2D eigenvalue weighted by atomic mass is 32.2. The van der Waals surface area contributed by atoms with Gasteiger partial charge in [-0.25, -0.2) is 5.01 Å². The van der Waals surface area contributed by atoms with Gasteiger partial charge < -0.3 is 10.1 Å². The number of thiophene rings is 1. The smallest absolute Gasteiger partial charge is 0.262 e. The monoisotopic (exact) mass is 504 g/mol. The first-order valence-electron chi connectivity index (χ1n) is 11.4. The number of hydrogen-bond donors (Lipinski definition) is 1. The van der Waals surface area contributed by atoms with Crippen molar-refractivity contribution < 1.29 is 14.3 Å². The van der Waals surface area contributed by atoms with E-state index in [0.717, 1.165) is 28.3 Å². The quantitative estimate of drug-likeness (QED) is 0.471. The topological polar surface area (TPSA) is 83.4 Å². The van der Waals surface area contributed by atoms with E-state index in [-0.39, 0.29) is 24.3 Å². The average molecular weight is 505 g/mol. The molecule has 7 nitrogen and oxygen atoms in total. The molecule has 1 aromatic heterocycles. The van der Waals surface area contributed by atoms with Crippen LogP contribution in [0.2, 0.25) is 0 Å². The molecule has 2 amide bonds. The van der Waals surface area contributed by atoms with Crippen molar-refractivity contribution in [3.8, 4) is 5.75 Å². The summed E-state index contributed by atoms with van der Waals surface area (Å²) in [5, 5.41) is 11.5. The molecule has 0 unspecified atom stereocenters. The van der Waals surface area contributed by atoms with Crippen LogP contribution in [0.3, 0.4) is 0 Å². The van der Waals surface area contributed by atoms with Crippen molar-refractivity contribution in [1.29, 1.82) is 0 Å². The summed E-state index contributed by atoms with van der Waals surface area (Å²) >= 11 is 2.95. The molecule has 9 heteroatoms. The number of carbonyl (C=O) groups excluding carboxylic acids is 2. The van der Waals surface area contributed by atoms with Gasteiger partial charge in [-0.3, -0.25) is 9.59 Å². The molecule has 1 N–H and O–H groups in total. The Kier molecular flexibility index (Phi) is 6.96. The molecule has 2 aliphatic heterocycles. The first kappa shape index (κ1) is 23.3. The standard InChI is InChI=1S/C26H24N4O3S2/c1-2-33-19-12-10-18(11-13-19)27-24(31)16-23-25(32)28-26(35-23)30-21(17-7-4-3-5-8-17)15-20(29-30)22-9-6-14-34-22/h3-14,21,23H,2,15-16H2,1H3,(H,27,31)/t21-,23+/m1/s1. The Morgan fingerprint density at radius 1 is 1.11 bits per heavy atom. The number of rotatable bonds is 7. The SMILES string of the molecule is CCOc1ccc(NC(=O)C[C@@H]2SC(N3N=C(c4cccs4)C[C@@H]3c3ccccc3)=NC2=O)cc1. The summed E-state index contributed by atoms with van der Waals surface area (Å²) in [6.45, 7) is 2.50. The second-order valence-electron chi connectivity index (χ2n) is 8.05. The second kappa shape index (κ2) is 10.5. The third-order valence-electron chi connectivity index (χ3n) is 5.65.